The van der Waals surface area contributed by atoms with Gasteiger partial charge in [0, 0.05) is 23.7 Å². The van der Waals surface area contributed by atoms with Crippen LogP contribution >= 0.6 is 11.6 Å². The lowest BCUT2D eigenvalue weighted by Crippen LogP contribution is -2.32. The topological polar surface area (TPSA) is 38.1 Å². The van der Waals surface area contributed by atoms with Crippen LogP contribution in [0, 0.1) is 5.82 Å². The third-order valence-corrected chi connectivity index (χ3v) is 4.44. The van der Waals surface area contributed by atoms with Crippen LogP contribution in [0.25, 0.3) is 16.9 Å². The molecule has 0 atom stereocenters. The lowest BCUT2D eigenvalue weighted by Gasteiger charge is -2.19. The molecule has 0 aliphatic heterocycles. The molecule has 3 aromatic rings. The van der Waals surface area contributed by atoms with Crippen molar-refractivity contribution in [3.63, 3.8) is 0 Å². The van der Waals surface area contributed by atoms with Gasteiger partial charge in [-0.2, -0.15) is 5.10 Å². The summed E-state index contributed by atoms with van der Waals surface area (Å²) in [5, 5.41) is 5.19. The Balaban J connectivity index is 2.12. The molecule has 2 aromatic carbocycles. The van der Waals surface area contributed by atoms with Gasteiger partial charge in [-0.3, -0.25) is 4.79 Å². The quantitative estimate of drug-likeness (QED) is 0.645. The zero-order valence-electron chi connectivity index (χ0n) is 14.6. The third kappa shape index (κ3) is 3.63. The Bertz CT molecular complexity index is 900. The van der Waals surface area contributed by atoms with E-state index in [-0.39, 0.29) is 11.7 Å². The van der Waals surface area contributed by atoms with E-state index in [1.807, 2.05) is 26.0 Å². The fourth-order valence-corrected chi connectivity index (χ4v) is 2.87. The first-order chi connectivity index (χ1) is 12.5. The zero-order valence-corrected chi connectivity index (χ0v) is 15.4. The SMILES string of the molecule is CCN(CC)C(=O)c1cc(-c2ccc(F)cc2)nn1-c1ccc(Cl)cc1. The molecule has 0 unspecified atom stereocenters. The van der Waals surface area contributed by atoms with Gasteiger partial charge in [-0.1, -0.05) is 11.6 Å². The minimum absolute atomic E-state index is 0.106. The summed E-state index contributed by atoms with van der Waals surface area (Å²) in [4.78, 5) is 14.7. The van der Waals surface area contributed by atoms with Gasteiger partial charge in [0.15, 0.2) is 0 Å². The predicted octanol–water partition coefficient (Wildman–Crippen LogP) is 4.81. The smallest absolute Gasteiger partial charge is 0.272 e. The molecule has 1 aromatic heterocycles. The molecule has 1 heterocycles. The van der Waals surface area contributed by atoms with Gasteiger partial charge in [0.25, 0.3) is 5.91 Å². The normalized spacial score (nSPS) is 10.8. The number of nitrogens with zero attached hydrogens (tertiary/aromatic N) is 3. The minimum Gasteiger partial charge on any atom is -0.338 e. The number of hydrogen-bond acceptors (Lipinski definition) is 2. The van der Waals surface area contributed by atoms with E-state index in [0.717, 1.165) is 11.3 Å². The van der Waals surface area contributed by atoms with E-state index in [4.69, 9.17) is 11.6 Å². The summed E-state index contributed by atoms with van der Waals surface area (Å²) >= 11 is 5.97. The summed E-state index contributed by atoms with van der Waals surface area (Å²) in [6.45, 7) is 5.08. The molecule has 134 valence electrons. The van der Waals surface area contributed by atoms with Crippen molar-refractivity contribution in [2.75, 3.05) is 13.1 Å². The Morgan fingerprint density at radius 1 is 1.08 bits per heavy atom. The highest BCUT2D eigenvalue weighted by Crippen LogP contribution is 2.24. The van der Waals surface area contributed by atoms with Crippen molar-refractivity contribution < 1.29 is 9.18 Å². The van der Waals surface area contributed by atoms with Crippen LogP contribution in [0.4, 0.5) is 4.39 Å². The zero-order chi connectivity index (χ0) is 18.7. The van der Waals surface area contributed by atoms with Crippen LogP contribution < -0.4 is 0 Å². The number of rotatable bonds is 5. The van der Waals surface area contributed by atoms with Crippen LogP contribution in [0.5, 0.6) is 0 Å². The Morgan fingerprint density at radius 3 is 2.27 bits per heavy atom. The van der Waals surface area contributed by atoms with Crippen molar-refractivity contribution >= 4 is 17.5 Å². The van der Waals surface area contributed by atoms with Crippen molar-refractivity contribution in [1.82, 2.24) is 14.7 Å². The molecule has 0 bridgehead atoms. The number of benzene rings is 2. The molecule has 0 fully saturated rings. The summed E-state index contributed by atoms with van der Waals surface area (Å²) in [7, 11) is 0. The van der Waals surface area contributed by atoms with E-state index in [9.17, 15) is 9.18 Å². The molecule has 1 amide bonds. The Hall–Kier alpha value is -2.66. The first-order valence-electron chi connectivity index (χ1n) is 8.44. The number of aromatic nitrogens is 2. The second-order valence-corrected chi connectivity index (χ2v) is 6.22. The standard InChI is InChI=1S/C20H19ClFN3O/c1-3-24(4-2)20(26)19-13-18(14-5-9-16(22)10-6-14)23-25(19)17-11-7-15(21)8-12-17/h5-13H,3-4H2,1-2H3. The fourth-order valence-electron chi connectivity index (χ4n) is 2.75. The minimum atomic E-state index is -0.315. The molecule has 26 heavy (non-hydrogen) atoms. The maximum absolute atomic E-state index is 13.2. The van der Waals surface area contributed by atoms with E-state index in [1.165, 1.54) is 12.1 Å². The van der Waals surface area contributed by atoms with Gasteiger partial charge in [-0.05, 0) is 68.4 Å². The van der Waals surface area contributed by atoms with Gasteiger partial charge >= 0.3 is 0 Å². The molecule has 3 rings (SSSR count). The molecule has 0 aliphatic carbocycles. The molecule has 0 spiro atoms. The largest absolute Gasteiger partial charge is 0.338 e. The number of halogens is 2. The Kier molecular flexibility index (Phi) is 5.38. The highest BCUT2D eigenvalue weighted by atomic mass is 35.5. The lowest BCUT2D eigenvalue weighted by atomic mass is 10.1. The predicted molar refractivity (Wildman–Crippen MR) is 101 cm³/mol. The molecular weight excluding hydrogens is 353 g/mol. The lowest BCUT2D eigenvalue weighted by molar-refractivity contribution is 0.0764. The highest BCUT2D eigenvalue weighted by molar-refractivity contribution is 6.30. The highest BCUT2D eigenvalue weighted by Gasteiger charge is 2.21. The molecule has 0 N–H and O–H groups in total. The van der Waals surface area contributed by atoms with Crippen molar-refractivity contribution in [1.29, 1.82) is 0 Å². The van der Waals surface area contributed by atoms with Crippen LogP contribution in [-0.2, 0) is 0 Å². The summed E-state index contributed by atoms with van der Waals surface area (Å²) in [5.74, 6) is -0.420. The molecule has 0 saturated carbocycles. The summed E-state index contributed by atoms with van der Waals surface area (Å²) in [6, 6.07) is 14.9. The third-order valence-electron chi connectivity index (χ3n) is 4.19. The van der Waals surface area contributed by atoms with Gasteiger partial charge in [-0.15, -0.1) is 0 Å². The molecule has 0 aliphatic rings. The van der Waals surface area contributed by atoms with E-state index >= 15 is 0 Å². The average Bonchev–Trinajstić information content (AvgIpc) is 3.09. The van der Waals surface area contributed by atoms with E-state index in [2.05, 4.69) is 5.10 Å². The number of carbonyl (C=O) groups excluding carboxylic acids is 1. The van der Waals surface area contributed by atoms with Gasteiger partial charge in [0.1, 0.15) is 11.5 Å². The Morgan fingerprint density at radius 2 is 1.69 bits per heavy atom. The first kappa shape index (κ1) is 18.1. The van der Waals surface area contributed by atoms with Crippen LogP contribution in [0.2, 0.25) is 5.02 Å². The Labute approximate surface area is 156 Å². The second kappa shape index (κ2) is 7.70. The number of carbonyl (C=O) groups is 1. The van der Waals surface area contributed by atoms with E-state index in [1.54, 1.807) is 39.9 Å². The van der Waals surface area contributed by atoms with Gasteiger partial charge in [-0.25, -0.2) is 9.07 Å². The van der Waals surface area contributed by atoms with Crippen molar-refractivity contribution in [2.24, 2.45) is 0 Å². The van der Waals surface area contributed by atoms with Gasteiger partial charge in [0.2, 0.25) is 0 Å². The number of hydrogen-bond donors (Lipinski definition) is 0. The van der Waals surface area contributed by atoms with Crippen molar-refractivity contribution in [2.45, 2.75) is 13.8 Å². The van der Waals surface area contributed by atoms with E-state index < -0.39 is 0 Å². The summed E-state index contributed by atoms with van der Waals surface area (Å²) < 4.78 is 14.8. The molecule has 0 saturated heterocycles. The van der Waals surface area contributed by atoms with Crippen molar-refractivity contribution in [3.8, 4) is 16.9 Å². The van der Waals surface area contributed by atoms with Gasteiger partial charge in [0.05, 0.1) is 11.4 Å². The second-order valence-electron chi connectivity index (χ2n) is 5.79. The van der Waals surface area contributed by atoms with Crippen LogP contribution in [0.1, 0.15) is 24.3 Å². The van der Waals surface area contributed by atoms with Crippen LogP contribution in [-0.4, -0.2) is 33.7 Å². The molecule has 4 nitrogen and oxygen atoms in total. The average molecular weight is 372 g/mol. The van der Waals surface area contributed by atoms with Crippen LogP contribution in [0.15, 0.2) is 54.6 Å². The fraction of sp³-hybridized carbons (Fsp3) is 0.200. The summed E-state index contributed by atoms with van der Waals surface area (Å²) in [5.41, 5.74) is 2.54. The molecule has 6 heteroatoms. The van der Waals surface area contributed by atoms with Crippen molar-refractivity contribution in [3.05, 3.63) is 71.1 Å². The first-order valence-corrected chi connectivity index (χ1v) is 8.82. The monoisotopic (exact) mass is 371 g/mol. The maximum atomic E-state index is 13.2. The molecular formula is C20H19ClFN3O. The summed E-state index contributed by atoms with van der Waals surface area (Å²) in [6.07, 6.45) is 0. The van der Waals surface area contributed by atoms with Gasteiger partial charge < -0.3 is 4.90 Å². The molecule has 0 radical (unpaired) electrons. The number of amides is 1. The van der Waals surface area contributed by atoms with Crippen LogP contribution in [0.3, 0.4) is 0 Å². The maximum Gasteiger partial charge on any atom is 0.272 e. The van der Waals surface area contributed by atoms with E-state index in [0.29, 0.717) is 29.5 Å².